The summed E-state index contributed by atoms with van der Waals surface area (Å²) in [6.07, 6.45) is -0.889. The van der Waals surface area contributed by atoms with Crippen LogP contribution in [0.1, 0.15) is 13.8 Å². The maximum atomic E-state index is 10.5. The maximum absolute atomic E-state index is 10.5. The van der Waals surface area contributed by atoms with E-state index in [-0.39, 0.29) is 0 Å². The van der Waals surface area contributed by atoms with Crippen LogP contribution in [0.4, 0.5) is 4.79 Å². The molecule has 0 fully saturated rings. The summed E-state index contributed by atoms with van der Waals surface area (Å²) in [4.78, 5) is 11.8. The molecule has 66 valence electrons. The fraction of sp³-hybridized carbons (Fsp3) is 0.857. The van der Waals surface area contributed by atoms with Gasteiger partial charge in [-0.1, -0.05) is 13.8 Å². The number of nitrogens with zero attached hydrogens (tertiary/aromatic N) is 1. The molecule has 0 heterocycles. The number of carboxylic acid groups (broad SMARTS) is 1. The molecule has 3 nitrogen and oxygen atoms in total. The SMILES string of the molecule is CC(C)CN(CCCl)C(=O)O. The van der Waals surface area contributed by atoms with E-state index in [1.165, 1.54) is 4.90 Å². The Morgan fingerprint density at radius 3 is 2.45 bits per heavy atom. The van der Waals surface area contributed by atoms with Crippen LogP contribution in [0.25, 0.3) is 0 Å². The molecule has 0 saturated heterocycles. The van der Waals surface area contributed by atoms with E-state index in [1.54, 1.807) is 0 Å². The van der Waals surface area contributed by atoms with Crippen molar-refractivity contribution in [2.75, 3.05) is 19.0 Å². The fourth-order valence-electron chi connectivity index (χ4n) is 0.808. The smallest absolute Gasteiger partial charge is 0.407 e. The average Bonchev–Trinajstić information content (AvgIpc) is 1.86. The largest absolute Gasteiger partial charge is 0.465 e. The summed E-state index contributed by atoms with van der Waals surface area (Å²) in [7, 11) is 0. The minimum absolute atomic E-state index is 0.356. The van der Waals surface area contributed by atoms with E-state index in [0.717, 1.165) is 0 Å². The molecular weight excluding hydrogens is 166 g/mol. The van der Waals surface area contributed by atoms with Crippen LogP contribution in [-0.4, -0.2) is 35.1 Å². The standard InChI is InChI=1S/C7H14ClNO2/c1-6(2)5-9(4-3-8)7(10)11/h6H,3-5H2,1-2H3,(H,10,11). The average molecular weight is 180 g/mol. The first-order valence-electron chi connectivity index (χ1n) is 3.61. The first-order valence-corrected chi connectivity index (χ1v) is 4.15. The zero-order valence-electron chi connectivity index (χ0n) is 6.88. The maximum Gasteiger partial charge on any atom is 0.407 e. The van der Waals surface area contributed by atoms with Gasteiger partial charge in [-0.3, -0.25) is 0 Å². The van der Waals surface area contributed by atoms with Crippen molar-refractivity contribution in [1.82, 2.24) is 4.90 Å². The van der Waals surface area contributed by atoms with Gasteiger partial charge >= 0.3 is 6.09 Å². The van der Waals surface area contributed by atoms with Crippen molar-refractivity contribution in [1.29, 1.82) is 0 Å². The number of rotatable bonds is 4. The van der Waals surface area contributed by atoms with E-state index >= 15 is 0 Å². The molecule has 0 spiro atoms. The zero-order valence-corrected chi connectivity index (χ0v) is 7.64. The Morgan fingerprint density at radius 2 is 2.18 bits per heavy atom. The number of amides is 1. The Hall–Kier alpha value is -0.440. The van der Waals surface area contributed by atoms with Crippen LogP contribution in [0, 0.1) is 5.92 Å². The van der Waals surface area contributed by atoms with Gasteiger partial charge in [-0.05, 0) is 5.92 Å². The second-order valence-corrected chi connectivity index (χ2v) is 3.19. The minimum Gasteiger partial charge on any atom is -0.465 e. The van der Waals surface area contributed by atoms with Crippen molar-refractivity contribution >= 4 is 17.7 Å². The Bertz CT molecular complexity index is 128. The quantitative estimate of drug-likeness (QED) is 0.670. The van der Waals surface area contributed by atoms with E-state index in [0.29, 0.717) is 24.9 Å². The van der Waals surface area contributed by atoms with Crippen LogP contribution in [0.5, 0.6) is 0 Å². The van der Waals surface area contributed by atoms with Gasteiger partial charge in [0, 0.05) is 19.0 Å². The molecule has 0 aromatic rings. The van der Waals surface area contributed by atoms with Gasteiger partial charge in [-0.25, -0.2) is 4.79 Å². The van der Waals surface area contributed by atoms with Gasteiger partial charge < -0.3 is 10.0 Å². The molecule has 0 saturated carbocycles. The monoisotopic (exact) mass is 179 g/mol. The van der Waals surface area contributed by atoms with Crippen LogP contribution >= 0.6 is 11.6 Å². The molecule has 4 heteroatoms. The predicted octanol–water partition coefficient (Wildman–Crippen LogP) is 1.86. The summed E-state index contributed by atoms with van der Waals surface area (Å²) in [6, 6.07) is 0. The van der Waals surface area contributed by atoms with E-state index in [4.69, 9.17) is 16.7 Å². The Kier molecular flexibility index (Phi) is 5.03. The second-order valence-electron chi connectivity index (χ2n) is 2.81. The van der Waals surface area contributed by atoms with Gasteiger partial charge in [-0.15, -0.1) is 11.6 Å². The number of hydrogen-bond donors (Lipinski definition) is 1. The molecule has 0 rings (SSSR count). The number of hydrogen-bond acceptors (Lipinski definition) is 1. The molecule has 0 aliphatic rings. The summed E-state index contributed by atoms with van der Waals surface area (Å²) < 4.78 is 0. The highest BCUT2D eigenvalue weighted by molar-refractivity contribution is 6.18. The van der Waals surface area contributed by atoms with Crippen molar-refractivity contribution in [3.8, 4) is 0 Å². The Labute approximate surface area is 71.9 Å². The molecule has 1 N–H and O–H groups in total. The summed E-state index contributed by atoms with van der Waals surface area (Å²) >= 11 is 5.42. The van der Waals surface area contributed by atoms with Gasteiger partial charge in [0.1, 0.15) is 0 Å². The van der Waals surface area contributed by atoms with E-state index in [1.807, 2.05) is 13.8 Å². The van der Waals surface area contributed by atoms with Gasteiger partial charge in [0.2, 0.25) is 0 Å². The van der Waals surface area contributed by atoms with E-state index in [9.17, 15) is 4.79 Å². The van der Waals surface area contributed by atoms with Gasteiger partial charge in [0.25, 0.3) is 0 Å². The lowest BCUT2D eigenvalue weighted by molar-refractivity contribution is 0.142. The summed E-state index contributed by atoms with van der Waals surface area (Å²) in [6.45, 7) is 4.92. The van der Waals surface area contributed by atoms with E-state index in [2.05, 4.69) is 0 Å². The van der Waals surface area contributed by atoms with Crippen molar-refractivity contribution in [3.63, 3.8) is 0 Å². The molecule has 0 aliphatic carbocycles. The molecule has 1 amide bonds. The molecule has 0 unspecified atom stereocenters. The van der Waals surface area contributed by atoms with Crippen molar-refractivity contribution < 1.29 is 9.90 Å². The van der Waals surface area contributed by atoms with Crippen molar-refractivity contribution in [2.45, 2.75) is 13.8 Å². The first kappa shape index (κ1) is 10.6. The minimum atomic E-state index is -0.889. The number of alkyl halides is 1. The molecule has 0 aromatic carbocycles. The van der Waals surface area contributed by atoms with Crippen LogP contribution in [0.2, 0.25) is 0 Å². The van der Waals surface area contributed by atoms with Gasteiger partial charge in [0.05, 0.1) is 0 Å². The normalized spacial score (nSPS) is 10.2. The highest BCUT2D eigenvalue weighted by Gasteiger charge is 2.11. The molecule has 0 atom stereocenters. The fourth-order valence-corrected chi connectivity index (χ4v) is 1.01. The Morgan fingerprint density at radius 1 is 1.64 bits per heavy atom. The third-order valence-corrected chi connectivity index (χ3v) is 1.38. The summed E-state index contributed by atoms with van der Waals surface area (Å²) in [5.41, 5.74) is 0. The lowest BCUT2D eigenvalue weighted by Gasteiger charge is -2.19. The molecule has 0 radical (unpaired) electrons. The molecule has 0 aromatic heterocycles. The predicted molar refractivity (Wildman–Crippen MR) is 45.2 cm³/mol. The van der Waals surface area contributed by atoms with Crippen LogP contribution in [0.3, 0.4) is 0 Å². The molecule has 0 aliphatic heterocycles. The molecular formula is C7H14ClNO2. The Balaban J connectivity index is 3.79. The summed E-state index contributed by atoms with van der Waals surface area (Å²) in [5, 5.41) is 8.62. The van der Waals surface area contributed by atoms with Crippen LogP contribution in [0.15, 0.2) is 0 Å². The number of carbonyl (C=O) groups is 1. The second kappa shape index (κ2) is 5.24. The van der Waals surface area contributed by atoms with Crippen molar-refractivity contribution in [3.05, 3.63) is 0 Å². The third kappa shape index (κ3) is 4.90. The third-order valence-electron chi connectivity index (χ3n) is 1.21. The zero-order chi connectivity index (χ0) is 8.85. The van der Waals surface area contributed by atoms with Crippen molar-refractivity contribution in [2.24, 2.45) is 5.92 Å². The van der Waals surface area contributed by atoms with Crippen LogP contribution in [-0.2, 0) is 0 Å². The molecule has 0 bridgehead atoms. The molecule has 11 heavy (non-hydrogen) atoms. The van der Waals surface area contributed by atoms with Crippen LogP contribution < -0.4 is 0 Å². The number of halogens is 1. The first-order chi connectivity index (χ1) is 5.07. The van der Waals surface area contributed by atoms with Gasteiger partial charge in [0.15, 0.2) is 0 Å². The highest BCUT2D eigenvalue weighted by Crippen LogP contribution is 1.99. The topological polar surface area (TPSA) is 40.5 Å². The highest BCUT2D eigenvalue weighted by atomic mass is 35.5. The summed E-state index contributed by atoms with van der Waals surface area (Å²) in [5.74, 6) is 0.716. The lowest BCUT2D eigenvalue weighted by atomic mass is 10.2. The van der Waals surface area contributed by atoms with E-state index < -0.39 is 6.09 Å². The van der Waals surface area contributed by atoms with Gasteiger partial charge in [-0.2, -0.15) is 0 Å². The lowest BCUT2D eigenvalue weighted by Crippen LogP contribution is -2.34.